The van der Waals surface area contributed by atoms with Crippen LogP contribution in [-0.2, 0) is 10.0 Å². The third kappa shape index (κ3) is 2.21. The second-order valence-corrected chi connectivity index (χ2v) is 5.76. The second kappa shape index (κ2) is 3.71. The van der Waals surface area contributed by atoms with E-state index in [9.17, 15) is 17.2 Å². The first-order valence-corrected chi connectivity index (χ1v) is 5.82. The molecule has 1 rings (SSSR count). The van der Waals surface area contributed by atoms with Gasteiger partial charge in [-0.05, 0) is 12.8 Å². The first-order valence-electron chi connectivity index (χ1n) is 4.38. The van der Waals surface area contributed by atoms with E-state index in [0.29, 0.717) is 19.8 Å². The van der Waals surface area contributed by atoms with Crippen LogP contribution < -0.4 is 5.73 Å². The Bertz CT molecular complexity index is 299. The maximum Gasteiger partial charge on any atom is 0.356 e. The summed E-state index contributed by atoms with van der Waals surface area (Å²) in [5.41, 5.74) is 5.51. The van der Waals surface area contributed by atoms with Gasteiger partial charge in [-0.3, -0.25) is 0 Å². The maximum absolute atomic E-state index is 12.7. The third-order valence-electron chi connectivity index (χ3n) is 2.21. The number of piperidine rings is 1. The minimum Gasteiger partial charge on any atom is -0.327 e. The van der Waals surface area contributed by atoms with Gasteiger partial charge in [0.25, 0.3) is 10.0 Å². The van der Waals surface area contributed by atoms with Gasteiger partial charge in [-0.1, -0.05) is 0 Å². The molecule has 2 N–H and O–H groups in total. The van der Waals surface area contributed by atoms with Crippen molar-refractivity contribution < 1.29 is 17.2 Å². The number of hydrogen-bond donors (Lipinski definition) is 1. The molecule has 0 aromatic heterocycles. The predicted molar refractivity (Wildman–Crippen MR) is 48.3 cm³/mol. The molecular formula is C7H14F2N2O2S. The van der Waals surface area contributed by atoms with Crippen LogP contribution in [0, 0.1) is 0 Å². The zero-order valence-electron chi connectivity index (χ0n) is 7.91. The van der Waals surface area contributed by atoms with E-state index >= 15 is 0 Å². The number of rotatable bonds is 2. The van der Waals surface area contributed by atoms with E-state index in [1.54, 1.807) is 0 Å². The van der Waals surface area contributed by atoms with Gasteiger partial charge in [0.2, 0.25) is 0 Å². The van der Waals surface area contributed by atoms with Crippen molar-refractivity contribution in [1.29, 1.82) is 0 Å². The lowest BCUT2D eigenvalue weighted by atomic mass is 10.1. The van der Waals surface area contributed by atoms with Crippen LogP contribution in [0.3, 0.4) is 0 Å². The number of nitrogens with two attached hydrogens (primary N) is 1. The molecule has 0 bridgehead atoms. The summed E-state index contributed by atoms with van der Waals surface area (Å²) >= 11 is 0. The first-order chi connectivity index (χ1) is 6.25. The van der Waals surface area contributed by atoms with Crippen molar-refractivity contribution in [2.45, 2.75) is 31.1 Å². The van der Waals surface area contributed by atoms with Gasteiger partial charge in [-0.25, -0.2) is 8.42 Å². The summed E-state index contributed by atoms with van der Waals surface area (Å²) in [5, 5.41) is -3.72. The normalized spacial score (nSPS) is 26.4. The van der Waals surface area contributed by atoms with Crippen LogP contribution >= 0.6 is 0 Å². The second-order valence-electron chi connectivity index (χ2n) is 3.57. The fourth-order valence-electron chi connectivity index (χ4n) is 1.42. The molecule has 84 valence electrons. The molecule has 0 aromatic carbocycles. The molecule has 0 radical (unpaired) electrons. The van der Waals surface area contributed by atoms with Gasteiger partial charge in [0.05, 0.1) is 0 Å². The van der Waals surface area contributed by atoms with Crippen LogP contribution in [-0.4, -0.2) is 37.1 Å². The van der Waals surface area contributed by atoms with E-state index < -0.39 is 15.3 Å². The lowest BCUT2D eigenvalue weighted by Crippen LogP contribution is -2.50. The van der Waals surface area contributed by atoms with Crippen molar-refractivity contribution >= 4 is 10.0 Å². The van der Waals surface area contributed by atoms with Gasteiger partial charge < -0.3 is 5.73 Å². The van der Waals surface area contributed by atoms with E-state index in [-0.39, 0.29) is 19.1 Å². The monoisotopic (exact) mass is 228 g/mol. The van der Waals surface area contributed by atoms with Gasteiger partial charge in [0.1, 0.15) is 0 Å². The van der Waals surface area contributed by atoms with Crippen LogP contribution in [0.25, 0.3) is 0 Å². The van der Waals surface area contributed by atoms with Crippen LogP contribution in [0.15, 0.2) is 0 Å². The Kier molecular flexibility index (Phi) is 3.13. The van der Waals surface area contributed by atoms with Crippen LogP contribution in [0.2, 0.25) is 0 Å². The predicted octanol–water partition coefficient (Wildman–Crippen LogP) is 0.352. The Labute approximate surface area is 82.1 Å². The van der Waals surface area contributed by atoms with Gasteiger partial charge in [0.15, 0.2) is 0 Å². The Morgan fingerprint density at radius 3 is 2.50 bits per heavy atom. The molecular weight excluding hydrogens is 214 g/mol. The van der Waals surface area contributed by atoms with E-state index in [2.05, 4.69) is 0 Å². The summed E-state index contributed by atoms with van der Waals surface area (Å²) in [6, 6.07) is -0.333. The summed E-state index contributed by atoms with van der Waals surface area (Å²) in [6.45, 7) is 0.522. The molecule has 1 aliphatic rings. The van der Waals surface area contributed by atoms with Crippen molar-refractivity contribution in [1.82, 2.24) is 4.31 Å². The van der Waals surface area contributed by atoms with E-state index in [1.807, 2.05) is 0 Å². The van der Waals surface area contributed by atoms with Crippen molar-refractivity contribution in [2.24, 2.45) is 5.73 Å². The molecule has 1 heterocycles. The van der Waals surface area contributed by atoms with Gasteiger partial charge in [0, 0.05) is 26.1 Å². The molecule has 7 heteroatoms. The lowest BCUT2D eigenvalue weighted by molar-refractivity contribution is 0.102. The van der Waals surface area contributed by atoms with Crippen LogP contribution in [0.1, 0.15) is 19.8 Å². The molecule has 0 unspecified atom stereocenters. The van der Waals surface area contributed by atoms with E-state index in [0.717, 1.165) is 4.31 Å². The van der Waals surface area contributed by atoms with Crippen molar-refractivity contribution in [3.05, 3.63) is 0 Å². The Hall–Kier alpha value is -0.270. The van der Waals surface area contributed by atoms with Gasteiger partial charge in [-0.15, -0.1) is 0 Å². The maximum atomic E-state index is 12.7. The summed E-state index contributed by atoms with van der Waals surface area (Å²) in [6.07, 6.45) is 1.22. The smallest absolute Gasteiger partial charge is 0.327 e. The molecule has 1 fully saturated rings. The highest BCUT2D eigenvalue weighted by Gasteiger charge is 2.45. The molecule has 0 saturated carbocycles. The molecule has 14 heavy (non-hydrogen) atoms. The van der Waals surface area contributed by atoms with Crippen molar-refractivity contribution in [2.75, 3.05) is 13.1 Å². The molecule has 0 aromatic rings. The highest BCUT2D eigenvalue weighted by Crippen LogP contribution is 2.26. The zero-order chi connectivity index (χ0) is 11.0. The highest BCUT2D eigenvalue weighted by molar-refractivity contribution is 7.90. The number of hydrogen-bond acceptors (Lipinski definition) is 3. The fourth-order valence-corrected chi connectivity index (χ4v) is 2.63. The standard InChI is InChI=1S/C7H14F2N2O2S/c1-7(8,9)14(12,13)11-4-2-3-6(10)5-11/h6H,2-5,10H2,1H3/t6-/m0/s1. The number of sulfonamides is 1. The number of halogens is 2. The Balaban J connectivity index is 2.83. The van der Waals surface area contributed by atoms with Gasteiger partial charge in [-0.2, -0.15) is 13.1 Å². The average molecular weight is 228 g/mol. The fraction of sp³-hybridized carbons (Fsp3) is 1.00. The number of nitrogens with zero attached hydrogens (tertiary/aromatic N) is 1. The molecule has 0 amide bonds. The largest absolute Gasteiger partial charge is 0.356 e. The van der Waals surface area contributed by atoms with Crippen molar-refractivity contribution in [3.8, 4) is 0 Å². The minimum absolute atomic E-state index is 0.00817. The average Bonchev–Trinajstić information content (AvgIpc) is 2.02. The molecule has 1 aliphatic heterocycles. The Morgan fingerprint density at radius 2 is 2.07 bits per heavy atom. The number of alkyl halides is 2. The molecule has 0 aliphatic carbocycles. The quantitative estimate of drug-likeness (QED) is 0.742. The van der Waals surface area contributed by atoms with Crippen LogP contribution in [0.5, 0.6) is 0 Å². The SMILES string of the molecule is CC(F)(F)S(=O)(=O)N1CCC[C@H](N)C1. The lowest BCUT2D eigenvalue weighted by Gasteiger charge is -2.31. The molecule has 1 saturated heterocycles. The molecule has 4 nitrogen and oxygen atoms in total. The van der Waals surface area contributed by atoms with Crippen LogP contribution in [0.4, 0.5) is 8.78 Å². The van der Waals surface area contributed by atoms with E-state index in [1.165, 1.54) is 0 Å². The summed E-state index contributed by atoms with van der Waals surface area (Å²) < 4.78 is 48.8. The third-order valence-corrected chi connectivity index (χ3v) is 4.13. The van der Waals surface area contributed by atoms with Gasteiger partial charge >= 0.3 is 5.25 Å². The highest BCUT2D eigenvalue weighted by atomic mass is 32.2. The summed E-state index contributed by atoms with van der Waals surface area (Å²) in [4.78, 5) is 0. The minimum atomic E-state index is -4.51. The van der Waals surface area contributed by atoms with Crippen molar-refractivity contribution in [3.63, 3.8) is 0 Å². The topological polar surface area (TPSA) is 63.4 Å². The Morgan fingerprint density at radius 1 is 1.50 bits per heavy atom. The zero-order valence-corrected chi connectivity index (χ0v) is 8.73. The molecule has 0 spiro atoms. The first kappa shape index (κ1) is 11.8. The summed E-state index contributed by atoms with van der Waals surface area (Å²) in [5.74, 6) is 0. The molecule has 1 atom stereocenters. The van der Waals surface area contributed by atoms with E-state index in [4.69, 9.17) is 5.73 Å². The summed E-state index contributed by atoms with van der Waals surface area (Å²) in [7, 11) is -4.51.